The number of aromatic carboxylic acids is 1. The van der Waals surface area contributed by atoms with Gasteiger partial charge >= 0.3 is 5.97 Å². The number of rotatable bonds is 9. The largest absolute Gasteiger partial charge is 0.478 e. The third kappa shape index (κ3) is 4.44. The van der Waals surface area contributed by atoms with Gasteiger partial charge in [-0.2, -0.15) is 5.10 Å². The molecule has 1 N–H and O–H groups in total. The number of aromatic nitrogens is 2. The molecule has 0 spiro atoms. The van der Waals surface area contributed by atoms with Crippen LogP contribution < -0.4 is 0 Å². The van der Waals surface area contributed by atoms with Crippen molar-refractivity contribution >= 4 is 5.97 Å². The van der Waals surface area contributed by atoms with E-state index in [1.165, 1.54) is 10.9 Å². The highest BCUT2D eigenvalue weighted by Gasteiger charge is 2.14. The van der Waals surface area contributed by atoms with Gasteiger partial charge < -0.3 is 19.3 Å². The Morgan fingerprint density at radius 3 is 2.67 bits per heavy atom. The fourth-order valence-corrected chi connectivity index (χ4v) is 1.34. The van der Waals surface area contributed by atoms with Crippen molar-refractivity contribution in [1.29, 1.82) is 0 Å². The van der Waals surface area contributed by atoms with Crippen LogP contribution >= 0.6 is 0 Å². The predicted octanol–water partition coefficient (Wildman–Crippen LogP) is 0.298. The molecule has 18 heavy (non-hydrogen) atoms. The molecule has 7 heteroatoms. The maximum Gasteiger partial charge on any atom is 0.339 e. The molecule has 0 radical (unpaired) electrons. The van der Waals surface area contributed by atoms with Crippen LogP contribution in [0.25, 0.3) is 0 Å². The third-order valence-corrected chi connectivity index (χ3v) is 2.33. The minimum atomic E-state index is -1.00. The molecule has 0 saturated heterocycles. The molecule has 0 aliphatic carbocycles. The summed E-state index contributed by atoms with van der Waals surface area (Å²) >= 11 is 0. The van der Waals surface area contributed by atoms with Crippen molar-refractivity contribution in [3.63, 3.8) is 0 Å². The SMILES string of the molecule is COCCOCCOCc1c(C(=O)O)cnn1C. The van der Waals surface area contributed by atoms with Crippen LogP contribution in [0.3, 0.4) is 0 Å². The van der Waals surface area contributed by atoms with Gasteiger partial charge in [0.2, 0.25) is 0 Å². The van der Waals surface area contributed by atoms with Gasteiger partial charge in [0.25, 0.3) is 0 Å². The third-order valence-electron chi connectivity index (χ3n) is 2.33. The number of methoxy groups -OCH3 is 1. The number of ether oxygens (including phenoxy) is 3. The first-order valence-corrected chi connectivity index (χ1v) is 5.55. The lowest BCUT2D eigenvalue weighted by atomic mass is 10.2. The smallest absolute Gasteiger partial charge is 0.339 e. The van der Waals surface area contributed by atoms with Gasteiger partial charge in [-0.3, -0.25) is 4.68 Å². The second-order valence-corrected chi connectivity index (χ2v) is 3.59. The molecule has 0 atom stereocenters. The molecule has 0 aliphatic heterocycles. The van der Waals surface area contributed by atoms with Gasteiger partial charge in [-0.25, -0.2) is 4.79 Å². The quantitative estimate of drug-likeness (QED) is 0.641. The topological polar surface area (TPSA) is 82.8 Å². The Labute approximate surface area is 105 Å². The summed E-state index contributed by atoms with van der Waals surface area (Å²) in [6.45, 7) is 2.11. The summed E-state index contributed by atoms with van der Waals surface area (Å²) in [7, 11) is 3.29. The van der Waals surface area contributed by atoms with Crippen LogP contribution in [0.5, 0.6) is 0 Å². The number of carbonyl (C=O) groups is 1. The molecular formula is C11H18N2O5. The summed E-state index contributed by atoms with van der Waals surface area (Å²) < 4.78 is 16.9. The van der Waals surface area contributed by atoms with Crippen LogP contribution in [0.2, 0.25) is 0 Å². The van der Waals surface area contributed by atoms with Crippen LogP contribution in [0.1, 0.15) is 16.1 Å². The number of nitrogens with zero attached hydrogens (tertiary/aromatic N) is 2. The van der Waals surface area contributed by atoms with Crippen molar-refractivity contribution in [3.05, 3.63) is 17.5 Å². The molecule has 1 aromatic rings. The summed E-state index contributed by atoms with van der Waals surface area (Å²) in [6, 6.07) is 0. The second kappa shape index (κ2) is 7.80. The zero-order valence-corrected chi connectivity index (χ0v) is 10.6. The van der Waals surface area contributed by atoms with E-state index >= 15 is 0 Å². The van der Waals surface area contributed by atoms with Crippen molar-refractivity contribution in [3.8, 4) is 0 Å². The van der Waals surface area contributed by atoms with Gasteiger partial charge in [-0.15, -0.1) is 0 Å². The summed E-state index contributed by atoms with van der Waals surface area (Å²) in [5.74, 6) is -1.00. The van der Waals surface area contributed by atoms with Gasteiger partial charge in [0.15, 0.2) is 0 Å². The lowest BCUT2D eigenvalue weighted by Gasteiger charge is -2.06. The standard InChI is InChI=1S/C11H18N2O5/c1-13-10(9(7-12-13)11(14)15)8-18-6-5-17-4-3-16-2/h7H,3-6,8H2,1-2H3,(H,14,15). The van der Waals surface area contributed by atoms with E-state index < -0.39 is 5.97 Å². The fraction of sp³-hybridized carbons (Fsp3) is 0.636. The average Bonchev–Trinajstić information content (AvgIpc) is 2.70. The van der Waals surface area contributed by atoms with E-state index in [9.17, 15) is 4.79 Å². The Kier molecular flexibility index (Phi) is 6.34. The van der Waals surface area contributed by atoms with E-state index in [-0.39, 0.29) is 12.2 Å². The molecule has 0 aromatic carbocycles. The molecule has 1 heterocycles. The molecular weight excluding hydrogens is 240 g/mol. The van der Waals surface area contributed by atoms with E-state index in [4.69, 9.17) is 19.3 Å². The van der Waals surface area contributed by atoms with Gasteiger partial charge in [0.05, 0.1) is 44.9 Å². The molecule has 102 valence electrons. The van der Waals surface area contributed by atoms with Crippen LogP contribution in [0, 0.1) is 0 Å². The molecule has 0 fully saturated rings. The van der Waals surface area contributed by atoms with Gasteiger partial charge in [0, 0.05) is 14.2 Å². The summed E-state index contributed by atoms with van der Waals surface area (Å²) in [6.07, 6.45) is 1.32. The van der Waals surface area contributed by atoms with Crippen molar-refractivity contribution in [1.82, 2.24) is 9.78 Å². The first-order chi connectivity index (χ1) is 8.66. The van der Waals surface area contributed by atoms with Gasteiger partial charge in [0.1, 0.15) is 5.56 Å². The number of carboxylic acid groups (broad SMARTS) is 1. The predicted molar refractivity (Wildman–Crippen MR) is 62.5 cm³/mol. The van der Waals surface area contributed by atoms with Crippen LogP contribution in [0.15, 0.2) is 6.20 Å². The number of carboxylic acids is 1. The van der Waals surface area contributed by atoms with E-state index in [0.717, 1.165) is 0 Å². The summed E-state index contributed by atoms with van der Waals surface area (Å²) in [5, 5.41) is 12.8. The highest BCUT2D eigenvalue weighted by Crippen LogP contribution is 2.08. The Hall–Kier alpha value is -1.44. The zero-order valence-electron chi connectivity index (χ0n) is 10.6. The Morgan fingerprint density at radius 1 is 1.33 bits per heavy atom. The fourth-order valence-electron chi connectivity index (χ4n) is 1.34. The summed E-state index contributed by atoms with van der Waals surface area (Å²) in [4.78, 5) is 10.9. The molecule has 0 bridgehead atoms. The summed E-state index contributed by atoms with van der Waals surface area (Å²) in [5.41, 5.74) is 0.706. The first-order valence-electron chi connectivity index (χ1n) is 5.55. The normalized spacial score (nSPS) is 10.8. The molecule has 1 aromatic heterocycles. The Balaban J connectivity index is 2.27. The monoisotopic (exact) mass is 258 g/mol. The van der Waals surface area contributed by atoms with Crippen LogP contribution in [-0.2, 0) is 27.9 Å². The molecule has 0 aliphatic rings. The van der Waals surface area contributed by atoms with Gasteiger partial charge in [-0.1, -0.05) is 0 Å². The van der Waals surface area contributed by atoms with E-state index in [0.29, 0.717) is 32.1 Å². The lowest BCUT2D eigenvalue weighted by molar-refractivity contribution is 0.0183. The highest BCUT2D eigenvalue weighted by atomic mass is 16.5. The minimum absolute atomic E-state index is 0.165. The van der Waals surface area contributed by atoms with E-state index in [1.807, 2.05) is 0 Å². The lowest BCUT2D eigenvalue weighted by Crippen LogP contribution is -2.11. The van der Waals surface area contributed by atoms with Crippen LogP contribution in [0.4, 0.5) is 0 Å². The molecule has 0 unspecified atom stereocenters. The Bertz CT molecular complexity index is 378. The van der Waals surface area contributed by atoms with Crippen molar-refractivity contribution in [2.24, 2.45) is 7.05 Å². The second-order valence-electron chi connectivity index (χ2n) is 3.59. The highest BCUT2D eigenvalue weighted by molar-refractivity contribution is 5.88. The van der Waals surface area contributed by atoms with E-state index in [1.54, 1.807) is 14.2 Å². The van der Waals surface area contributed by atoms with Crippen LogP contribution in [-0.4, -0.2) is 54.4 Å². The maximum atomic E-state index is 10.9. The average molecular weight is 258 g/mol. The molecule has 0 amide bonds. The van der Waals surface area contributed by atoms with Crippen molar-refractivity contribution in [2.45, 2.75) is 6.61 Å². The zero-order chi connectivity index (χ0) is 13.4. The minimum Gasteiger partial charge on any atom is -0.478 e. The van der Waals surface area contributed by atoms with Gasteiger partial charge in [-0.05, 0) is 0 Å². The maximum absolute atomic E-state index is 10.9. The first kappa shape index (κ1) is 14.6. The van der Waals surface area contributed by atoms with E-state index in [2.05, 4.69) is 5.10 Å². The molecule has 0 saturated carbocycles. The van der Waals surface area contributed by atoms with Crippen molar-refractivity contribution in [2.75, 3.05) is 33.5 Å². The number of hydrogen-bond acceptors (Lipinski definition) is 5. The molecule has 1 rings (SSSR count). The Morgan fingerprint density at radius 2 is 2.00 bits per heavy atom. The van der Waals surface area contributed by atoms with Crippen molar-refractivity contribution < 1.29 is 24.1 Å². The number of hydrogen-bond donors (Lipinski definition) is 1. The number of aryl methyl sites for hydroxylation is 1. The molecule has 7 nitrogen and oxygen atoms in total.